The highest BCUT2D eigenvalue weighted by Gasteiger charge is 2.41. The molecule has 4 aromatic rings. The molecule has 2 N–H and O–H groups in total. The average Bonchev–Trinajstić information content (AvgIpc) is 3.48. The predicted molar refractivity (Wildman–Crippen MR) is 198 cm³/mol. The molecule has 0 unspecified atom stereocenters. The summed E-state index contributed by atoms with van der Waals surface area (Å²) >= 11 is 0. The molecule has 0 fully saturated rings. The van der Waals surface area contributed by atoms with Crippen molar-refractivity contribution in [2.75, 3.05) is 6.61 Å². The second-order valence-electron chi connectivity index (χ2n) is 13.6. The first kappa shape index (κ1) is 38.3. The summed E-state index contributed by atoms with van der Waals surface area (Å²) in [5.41, 5.74) is 5.10. The van der Waals surface area contributed by atoms with Gasteiger partial charge in [-0.1, -0.05) is 125 Å². The van der Waals surface area contributed by atoms with Crippen molar-refractivity contribution in [2.24, 2.45) is 11.8 Å². The van der Waals surface area contributed by atoms with E-state index in [4.69, 9.17) is 14.3 Å². The maximum atomic E-state index is 14.1. The lowest BCUT2D eigenvalue weighted by molar-refractivity contribution is -0.187. The zero-order valence-electron chi connectivity index (χ0n) is 30.5. The molecule has 0 spiro atoms. The standard InChI is InChI=1S/C42H45N3O8/c1-26(2)36(41(49)51-24-29-16-8-6-9-17-29)44-38(46)37(27(3)4)45(53-40(48)30-18-10-7-11-19-30)39(47)28(5)43-42(50)52-25-35-33-22-14-12-20-31(33)32-21-13-15-23-34(32)35/h6-23,26-28,35-37H,24-25H2,1-5H3,(H,43,50)(H,44,46)/t28-,36-,37+/m0/s1. The SMILES string of the molecule is CC(C)[C@H](NC(=O)[C@@H](C(C)C)N(OC(=O)c1ccccc1)C(=O)[C@H](C)NC(=O)OCC1c2ccccc2-c2ccccc21)C(=O)OCc1ccccc1. The Morgan fingerprint density at radius 3 is 1.77 bits per heavy atom. The van der Waals surface area contributed by atoms with E-state index in [-0.39, 0.29) is 30.6 Å². The lowest BCUT2D eigenvalue weighted by Gasteiger charge is -2.34. The molecule has 1 aliphatic rings. The summed E-state index contributed by atoms with van der Waals surface area (Å²) in [7, 11) is 0. The molecule has 276 valence electrons. The van der Waals surface area contributed by atoms with Crippen LogP contribution in [0.25, 0.3) is 11.1 Å². The minimum absolute atomic E-state index is 0.00469. The van der Waals surface area contributed by atoms with Crippen LogP contribution in [0.15, 0.2) is 109 Å². The molecule has 0 aromatic heterocycles. The van der Waals surface area contributed by atoms with Crippen LogP contribution in [0.5, 0.6) is 0 Å². The van der Waals surface area contributed by atoms with E-state index in [9.17, 15) is 24.0 Å². The van der Waals surface area contributed by atoms with E-state index in [2.05, 4.69) is 10.6 Å². The highest BCUT2D eigenvalue weighted by atomic mass is 16.7. The van der Waals surface area contributed by atoms with Crippen molar-refractivity contribution in [3.05, 3.63) is 131 Å². The molecule has 0 heterocycles. The van der Waals surface area contributed by atoms with Gasteiger partial charge in [0.05, 0.1) is 5.56 Å². The summed E-state index contributed by atoms with van der Waals surface area (Å²) in [5.74, 6) is -4.40. The van der Waals surface area contributed by atoms with Crippen molar-refractivity contribution in [1.29, 1.82) is 0 Å². The Kier molecular flexibility index (Phi) is 12.6. The van der Waals surface area contributed by atoms with Crippen molar-refractivity contribution in [2.45, 2.75) is 65.3 Å². The molecule has 5 rings (SSSR count). The summed E-state index contributed by atoms with van der Waals surface area (Å²) in [4.78, 5) is 73.5. The van der Waals surface area contributed by atoms with Crippen molar-refractivity contribution in [3.8, 4) is 11.1 Å². The van der Waals surface area contributed by atoms with Gasteiger partial charge >= 0.3 is 18.0 Å². The number of carbonyl (C=O) groups excluding carboxylic acids is 5. The minimum Gasteiger partial charge on any atom is -0.459 e. The number of carbonyl (C=O) groups is 5. The number of hydrogen-bond acceptors (Lipinski definition) is 8. The van der Waals surface area contributed by atoms with Crippen LogP contribution >= 0.6 is 0 Å². The smallest absolute Gasteiger partial charge is 0.407 e. The summed E-state index contributed by atoms with van der Waals surface area (Å²) in [6.45, 7) is 8.26. The number of rotatable bonds is 13. The second-order valence-corrected chi connectivity index (χ2v) is 13.6. The van der Waals surface area contributed by atoms with Gasteiger partial charge in [-0.2, -0.15) is 5.06 Å². The van der Waals surface area contributed by atoms with Crippen LogP contribution in [-0.4, -0.2) is 59.6 Å². The van der Waals surface area contributed by atoms with E-state index in [1.807, 2.05) is 78.9 Å². The van der Waals surface area contributed by atoms with Gasteiger partial charge in [-0.15, -0.1) is 0 Å². The van der Waals surface area contributed by atoms with Crippen LogP contribution in [0, 0.1) is 11.8 Å². The van der Waals surface area contributed by atoms with Crippen LogP contribution < -0.4 is 10.6 Å². The molecule has 11 nitrogen and oxygen atoms in total. The minimum atomic E-state index is -1.40. The fourth-order valence-corrected chi connectivity index (χ4v) is 6.26. The number of amides is 3. The Labute approximate surface area is 309 Å². The fraction of sp³-hybridized carbons (Fsp3) is 0.310. The van der Waals surface area contributed by atoms with E-state index < -0.39 is 53.9 Å². The van der Waals surface area contributed by atoms with Crippen LogP contribution in [-0.2, 0) is 35.3 Å². The quantitative estimate of drug-likeness (QED) is 0.119. The van der Waals surface area contributed by atoms with Crippen molar-refractivity contribution in [3.63, 3.8) is 0 Å². The molecule has 0 radical (unpaired) electrons. The van der Waals surface area contributed by atoms with Gasteiger partial charge in [0.1, 0.15) is 25.3 Å². The van der Waals surface area contributed by atoms with Gasteiger partial charge in [0.25, 0.3) is 5.91 Å². The zero-order chi connectivity index (χ0) is 38.1. The fourth-order valence-electron chi connectivity index (χ4n) is 6.26. The van der Waals surface area contributed by atoms with Crippen molar-refractivity contribution in [1.82, 2.24) is 15.7 Å². The first-order valence-electron chi connectivity index (χ1n) is 17.7. The van der Waals surface area contributed by atoms with Crippen LogP contribution in [0.1, 0.15) is 67.6 Å². The number of fused-ring (bicyclic) bond motifs is 3. The summed E-state index contributed by atoms with van der Waals surface area (Å²) < 4.78 is 11.2. The van der Waals surface area contributed by atoms with Crippen molar-refractivity contribution >= 4 is 29.8 Å². The van der Waals surface area contributed by atoms with Crippen molar-refractivity contribution < 1.29 is 38.3 Å². The monoisotopic (exact) mass is 719 g/mol. The number of hydrogen-bond donors (Lipinski definition) is 2. The van der Waals surface area contributed by atoms with Crippen LogP contribution in [0.4, 0.5) is 4.79 Å². The number of benzene rings is 4. The summed E-state index contributed by atoms with van der Waals surface area (Å²) in [6, 6.07) is 29.2. The molecular weight excluding hydrogens is 674 g/mol. The summed E-state index contributed by atoms with van der Waals surface area (Å²) in [5, 5.41) is 5.93. The lowest BCUT2D eigenvalue weighted by atomic mass is 9.98. The Bertz CT molecular complexity index is 1870. The van der Waals surface area contributed by atoms with E-state index >= 15 is 0 Å². The molecule has 0 bridgehead atoms. The van der Waals surface area contributed by atoms with Gasteiger partial charge in [-0.25, -0.2) is 14.4 Å². The molecule has 3 atom stereocenters. The molecule has 0 aliphatic heterocycles. The van der Waals surface area contributed by atoms with Crippen LogP contribution in [0.2, 0.25) is 0 Å². The maximum absolute atomic E-state index is 14.1. The van der Waals surface area contributed by atoms with Gasteiger partial charge in [0.15, 0.2) is 6.04 Å². The average molecular weight is 720 g/mol. The molecule has 53 heavy (non-hydrogen) atoms. The predicted octanol–water partition coefficient (Wildman–Crippen LogP) is 6.42. The van der Waals surface area contributed by atoms with Gasteiger partial charge in [-0.05, 0) is 58.7 Å². The molecule has 3 amide bonds. The third-order valence-corrected chi connectivity index (χ3v) is 9.05. The van der Waals surface area contributed by atoms with Gasteiger partial charge < -0.3 is 24.9 Å². The number of alkyl carbamates (subject to hydrolysis) is 1. The van der Waals surface area contributed by atoms with E-state index in [1.165, 1.54) is 19.1 Å². The maximum Gasteiger partial charge on any atom is 0.407 e. The molecule has 1 aliphatic carbocycles. The first-order valence-corrected chi connectivity index (χ1v) is 17.7. The van der Waals surface area contributed by atoms with Gasteiger partial charge in [0, 0.05) is 5.92 Å². The molecular formula is C42H45N3O8. The number of nitrogens with zero attached hydrogens (tertiary/aromatic N) is 1. The Balaban J connectivity index is 1.31. The summed E-state index contributed by atoms with van der Waals surface area (Å²) in [6.07, 6.45) is -0.867. The van der Waals surface area contributed by atoms with Crippen LogP contribution in [0.3, 0.4) is 0 Å². The molecule has 0 saturated carbocycles. The highest BCUT2D eigenvalue weighted by Crippen LogP contribution is 2.44. The second kappa shape index (κ2) is 17.5. The zero-order valence-corrected chi connectivity index (χ0v) is 30.5. The number of esters is 1. The highest BCUT2D eigenvalue weighted by molar-refractivity contribution is 5.95. The largest absolute Gasteiger partial charge is 0.459 e. The Morgan fingerprint density at radius 1 is 0.660 bits per heavy atom. The molecule has 4 aromatic carbocycles. The number of ether oxygens (including phenoxy) is 2. The Hall–Kier alpha value is -5.97. The van der Waals surface area contributed by atoms with E-state index in [0.29, 0.717) is 5.06 Å². The van der Waals surface area contributed by atoms with E-state index in [0.717, 1.165) is 27.8 Å². The van der Waals surface area contributed by atoms with E-state index in [1.54, 1.807) is 45.9 Å². The lowest BCUT2D eigenvalue weighted by Crippen LogP contribution is -2.59. The first-order chi connectivity index (χ1) is 25.5. The number of nitrogens with one attached hydrogen (secondary N) is 2. The van der Waals surface area contributed by atoms with Gasteiger partial charge in [-0.3, -0.25) is 9.59 Å². The normalized spacial score (nSPS) is 13.6. The number of hydroxylamine groups is 2. The third kappa shape index (κ3) is 9.29. The third-order valence-electron chi connectivity index (χ3n) is 9.05. The Morgan fingerprint density at radius 2 is 1.21 bits per heavy atom. The topological polar surface area (TPSA) is 140 Å². The van der Waals surface area contributed by atoms with Gasteiger partial charge in [0.2, 0.25) is 5.91 Å². The molecule has 11 heteroatoms. The molecule has 0 saturated heterocycles.